The van der Waals surface area contributed by atoms with E-state index in [0.29, 0.717) is 0 Å². The second-order valence-corrected chi connectivity index (χ2v) is 2.01. The molecule has 0 N–H and O–H groups in total. The van der Waals surface area contributed by atoms with Gasteiger partial charge in [0.15, 0.2) is 0 Å². The van der Waals surface area contributed by atoms with Crippen LogP contribution in [0.3, 0.4) is 0 Å². The standard InChI is InChI=1S/C6H11NO2/c1-3-4-6(2)5-7(8)9/h5H,3-4H2,1-2H3/b6-5+. The maximum Gasteiger partial charge on any atom is 0.233 e. The summed E-state index contributed by atoms with van der Waals surface area (Å²) in [6, 6.07) is 0. The highest BCUT2D eigenvalue weighted by atomic mass is 16.6. The predicted octanol–water partition coefficient (Wildman–Crippen LogP) is 1.97. The van der Waals surface area contributed by atoms with Gasteiger partial charge in [0.1, 0.15) is 0 Å². The van der Waals surface area contributed by atoms with Crippen LogP contribution in [0.25, 0.3) is 0 Å². The smallest absolute Gasteiger partial charge is 0.233 e. The quantitative estimate of drug-likeness (QED) is 0.432. The fourth-order valence-corrected chi connectivity index (χ4v) is 0.639. The average molecular weight is 129 g/mol. The third kappa shape index (κ3) is 5.00. The van der Waals surface area contributed by atoms with Crippen molar-refractivity contribution in [1.29, 1.82) is 0 Å². The maximum atomic E-state index is 9.81. The third-order valence-corrected chi connectivity index (χ3v) is 0.970. The zero-order chi connectivity index (χ0) is 7.28. The van der Waals surface area contributed by atoms with Gasteiger partial charge in [-0.1, -0.05) is 13.3 Å². The third-order valence-electron chi connectivity index (χ3n) is 0.970. The number of hydrogen-bond acceptors (Lipinski definition) is 2. The molecule has 52 valence electrons. The first kappa shape index (κ1) is 8.14. The van der Waals surface area contributed by atoms with Crippen LogP contribution in [0.2, 0.25) is 0 Å². The lowest BCUT2D eigenvalue weighted by Crippen LogP contribution is -1.86. The summed E-state index contributed by atoms with van der Waals surface area (Å²) in [6.07, 6.45) is 2.85. The number of nitrogens with zero attached hydrogens (tertiary/aromatic N) is 1. The minimum absolute atomic E-state index is 0.412. The zero-order valence-corrected chi connectivity index (χ0v) is 5.76. The first-order valence-electron chi connectivity index (χ1n) is 2.97. The van der Waals surface area contributed by atoms with Crippen LogP contribution in [0.4, 0.5) is 0 Å². The summed E-state index contributed by atoms with van der Waals surface area (Å²) in [5.74, 6) is 0. The molecular weight excluding hydrogens is 118 g/mol. The van der Waals surface area contributed by atoms with Gasteiger partial charge in [0.25, 0.3) is 0 Å². The lowest BCUT2D eigenvalue weighted by molar-refractivity contribution is -0.403. The molecule has 0 rings (SSSR count). The Morgan fingerprint density at radius 1 is 1.78 bits per heavy atom. The number of rotatable bonds is 3. The summed E-state index contributed by atoms with van der Waals surface area (Å²) in [5.41, 5.74) is 0.836. The molecule has 0 amide bonds. The van der Waals surface area contributed by atoms with Crippen molar-refractivity contribution in [2.24, 2.45) is 0 Å². The Kier molecular flexibility index (Phi) is 3.67. The van der Waals surface area contributed by atoms with Crippen LogP contribution in [0, 0.1) is 10.1 Å². The maximum absolute atomic E-state index is 9.81. The number of hydrogen-bond donors (Lipinski definition) is 0. The van der Waals surface area contributed by atoms with E-state index in [1.807, 2.05) is 6.92 Å². The predicted molar refractivity (Wildman–Crippen MR) is 35.7 cm³/mol. The fourth-order valence-electron chi connectivity index (χ4n) is 0.639. The molecular formula is C6H11NO2. The van der Waals surface area contributed by atoms with Crippen LogP contribution < -0.4 is 0 Å². The molecule has 0 spiro atoms. The zero-order valence-electron chi connectivity index (χ0n) is 5.76. The van der Waals surface area contributed by atoms with Crippen LogP contribution in [0.5, 0.6) is 0 Å². The first-order chi connectivity index (χ1) is 4.16. The van der Waals surface area contributed by atoms with Crippen LogP contribution in [-0.2, 0) is 0 Å². The van der Waals surface area contributed by atoms with E-state index in [9.17, 15) is 10.1 Å². The van der Waals surface area contributed by atoms with Gasteiger partial charge in [-0.3, -0.25) is 10.1 Å². The van der Waals surface area contributed by atoms with Crippen molar-refractivity contribution in [2.75, 3.05) is 0 Å². The molecule has 0 radical (unpaired) electrons. The minimum atomic E-state index is -0.412. The highest BCUT2D eigenvalue weighted by Gasteiger charge is 1.92. The van der Waals surface area contributed by atoms with E-state index in [1.165, 1.54) is 0 Å². The molecule has 0 fully saturated rings. The minimum Gasteiger partial charge on any atom is -0.259 e. The normalized spacial score (nSPS) is 11.6. The van der Waals surface area contributed by atoms with Gasteiger partial charge in [-0.25, -0.2) is 0 Å². The fraction of sp³-hybridized carbons (Fsp3) is 0.667. The average Bonchev–Trinajstić information content (AvgIpc) is 1.63. The van der Waals surface area contributed by atoms with Gasteiger partial charge in [0.2, 0.25) is 6.20 Å². The van der Waals surface area contributed by atoms with E-state index in [0.717, 1.165) is 24.6 Å². The Hall–Kier alpha value is -0.860. The van der Waals surface area contributed by atoms with E-state index in [1.54, 1.807) is 6.92 Å². The van der Waals surface area contributed by atoms with E-state index >= 15 is 0 Å². The SMILES string of the molecule is CCC/C(C)=C/[N+](=O)[O-]. The highest BCUT2D eigenvalue weighted by Crippen LogP contribution is 2.01. The van der Waals surface area contributed by atoms with Crippen molar-refractivity contribution in [1.82, 2.24) is 0 Å². The van der Waals surface area contributed by atoms with E-state index in [-0.39, 0.29) is 0 Å². The molecule has 0 heterocycles. The molecule has 0 aromatic carbocycles. The van der Waals surface area contributed by atoms with Crippen molar-refractivity contribution >= 4 is 0 Å². The molecule has 0 aliphatic heterocycles. The molecule has 0 unspecified atom stereocenters. The Balaban J connectivity index is 3.69. The molecule has 3 nitrogen and oxygen atoms in total. The molecule has 0 atom stereocenters. The topological polar surface area (TPSA) is 43.1 Å². The van der Waals surface area contributed by atoms with E-state index in [4.69, 9.17) is 0 Å². The number of allylic oxidation sites excluding steroid dienone is 1. The molecule has 0 saturated heterocycles. The molecule has 0 aliphatic rings. The van der Waals surface area contributed by atoms with Gasteiger partial charge in [-0.15, -0.1) is 0 Å². The Labute approximate surface area is 54.5 Å². The second-order valence-electron chi connectivity index (χ2n) is 2.01. The summed E-state index contributed by atoms with van der Waals surface area (Å²) in [7, 11) is 0. The monoisotopic (exact) mass is 129 g/mol. The van der Waals surface area contributed by atoms with Gasteiger partial charge in [0, 0.05) is 0 Å². The molecule has 0 aromatic rings. The van der Waals surface area contributed by atoms with Gasteiger partial charge in [0.05, 0.1) is 4.92 Å². The molecule has 0 aliphatic carbocycles. The highest BCUT2D eigenvalue weighted by molar-refractivity contribution is 4.91. The van der Waals surface area contributed by atoms with Gasteiger partial charge >= 0.3 is 0 Å². The molecule has 3 heteroatoms. The Bertz CT molecular complexity index is 129. The molecule has 0 aromatic heterocycles. The van der Waals surface area contributed by atoms with Crippen molar-refractivity contribution in [3.05, 3.63) is 21.9 Å². The van der Waals surface area contributed by atoms with Crippen LogP contribution >= 0.6 is 0 Å². The largest absolute Gasteiger partial charge is 0.259 e. The van der Waals surface area contributed by atoms with Crippen LogP contribution in [0.1, 0.15) is 26.7 Å². The Morgan fingerprint density at radius 2 is 2.33 bits per heavy atom. The lowest BCUT2D eigenvalue weighted by atomic mass is 10.2. The van der Waals surface area contributed by atoms with Gasteiger partial charge < -0.3 is 0 Å². The van der Waals surface area contributed by atoms with Crippen molar-refractivity contribution in [2.45, 2.75) is 26.7 Å². The van der Waals surface area contributed by atoms with Crippen LogP contribution in [-0.4, -0.2) is 4.92 Å². The van der Waals surface area contributed by atoms with Gasteiger partial charge in [-0.05, 0) is 18.9 Å². The van der Waals surface area contributed by atoms with E-state index in [2.05, 4.69) is 0 Å². The summed E-state index contributed by atoms with van der Waals surface area (Å²) < 4.78 is 0. The second kappa shape index (κ2) is 4.06. The van der Waals surface area contributed by atoms with Crippen molar-refractivity contribution < 1.29 is 4.92 Å². The van der Waals surface area contributed by atoms with Crippen molar-refractivity contribution in [3.63, 3.8) is 0 Å². The number of nitro groups is 1. The van der Waals surface area contributed by atoms with E-state index < -0.39 is 4.92 Å². The summed E-state index contributed by atoms with van der Waals surface area (Å²) >= 11 is 0. The lowest BCUT2D eigenvalue weighted by Gasteiger charge is -1.89. The van der Waals surface area contributed by atoms with Crippen LogP contribution in [0.15, 0.2) is 11.8 Å². The molecule has 0 bridgehead atoms. The summed E-state index contributed by atoms with van der Waals surface area (Å²) in [5, 5.41) is 9.81. The molecule has 9 heavy (non-hydrogen) atoms. The first-order valence-corrected chi connectivity index (χ1v) is 2.97. The summed E-state index contributed by atoms with van der Waals surface area (Å²) in [6.45, 7) is 3.77. The summed E-state index contributed by atoms with van der Waals surface area (Å²) in [4.78, 5) is 9.40. The Morgan fingerprint density at radius 3 is 2.67 bits per heavy atom. The molecule has 0 saturated carbocycles. The van der Waals surface area contributed by atoms with Crippen molar-refractivity contribution in [3.8, 4) is 0 Å². The van der Waals surface area contributed by atoms with Gasteiger partial charge in [-0.2, -0.15) is 0 Å².